The number of halogens is 3. The number of amides is 2. The topological polar surface area (TPSA) is 86.8 Å². The van der Waals surface area contributed by atoms with Crippen LogP contribution < -0.4 is 9.62 Å². The number of aryl methyl sites for hydroxylation is 1. The van der Waals surface area contributed by atoms with Gasteiger partial charge in [0.15, 0.2) is 0 Å². The number of rotatable bonds is 13. The average molecular weight is 701 g/mol. The van der Waals surface area contributed by atoms with Crippen LogP contribution in [0.15, 0.2) is 102 Å². The highest BCUT2D eigenvalue weighted by atomic mass is 35.5. The van der Waals surface area contributed by atoms with Gasteiger partial charge >= 0.3 is 0 Å². The summed E-state index contributed by atoms with van der Waals surface area (Å²) in [5, 5.41) is 3.96. The van der Waals surface area contributed by atoms with Crippen molar-refractivity contribution in [3.8, 4) is 0 Å². The van der Waals surface area contributed by atoms with Crippen molar-refractivity contribution < 1.29 is 18.0 Å². The number of anilines is 1. The minimum Gasteiger partial charge on any atom is -0.352 e. The summed E-state index contributed by atoms with van der Waals surface area (Å²) in [5.41, 5.74) is 2.30. The van der Waals surface area contributed by atoms with Gasteiger partial charge < -0.3 is 10.2 Å². The zero-order valence-electron chi connectivity index (χ0n) is 25.8. The molecule has 0 spiro atoms. The first-order chi connectivity index (χ1) is 21.9. The Hall–Kier alpha value is -3.56. The molecule has 1 N–H and O–H groups in total. The summed E-state index contributed by atoms with van der Waals surface area (Å²) in [6.07, 6.45) is 0.874. The van der Waals surface area contributed by atoms with E-state index in [1.54, 1.807) is 55.5 Å². The third kappa shape index (κ3) is 8.82. The zero-order valence-corrected chi connectivity index (χ0v) is 28.9. The molecule has 0 bridgehead atoms. The quantitative estimate of drug-likeness (QED) is 0.155. The molecule has 4 aromatic rings. The van der Waals surface area contributed by atoms with Crippen LogP contribution in [0, 0.1) is 6.92 Å². The van der Waals surface area contributed by atoms with E-state index in [4.69, 9.17) is 34.8 Å². The van der Waals surface area contributed by atoms with Crippen LogP contribution in [0.2, 0.25) is 15.1 Å². The van der Waals surface area contributed by atoms with Crippen molar-refractivity contribution in [1.29, 1.82) is 0 Å². The molecule has 242 valence electrons. The van der Waals surface area contributed by atoms with Gasteiger partial charge in [-0.3, -0.25) is 13.9 Å². The third-order valence-electron chi connectivity index (χ3n) is 7.66. The third-order valence-corrected chi connectivity index (χ3v) is 10.4. The molecule has 0 fully saturated rings. The Kier molecular flexibility index (Phi) is 12.1. The summed E-state index contributed by atoms with van der Waals surface area (Å²) in [6.45, 7) is 4.96. The van der Waals surface area contributed by atoms with Gasteiger partial charge in [-0.15, -0.1) is 0 Å². The van der Waals surface area contributed by atoms with Crippen molar-refractivity contribution >= 4 is 62.3 Å². The van der Waals surface area contributed by atoms with Crippen LogP contribution in [0.3, 0.4) is 0 Å². The molecule has 4 aromatic carbocycles. The van der Waals surface area contributed by atoms with Gasteiger partial charge in [0.2, 0.25) is 11.8 Å². The second kappa shape index (κ2) is 15.8. The van der Waals surface area contributed by atoms with E-state index in [1.165, 1.54) is 23.1 Å². The smallest absolute Gasteiger partial charge is 0.264 e. The first-order valence-corrected chi connectivity index (χ1v) is 17.4. The molecule has 0 aliphatic rings. The van der Waals surface area contributed by atoms with Crippen molar-refractivity contribution in [2.24, 2.45) is 0 Å². The summed E-state index contributed by atoms with van der Waals surface area (Å²) in [7, 11) is -4.25. The highest BCUT2D eigenvalue weighted by Crippen LogP contribution is 2.30. The van der Waals surface area contributed by atoms with Crippen LogP contribution in [0.1, 0.15) is 37.0 Å². The highest BCUT2D eigenvalue weighted by molar-refractivity contribution is 7.92. The Labute approximate surface area is 286 Å². The predicted molar refractivity (Wildman–Crippen MR) is 186 cm³/mol. The van der Waals surface area contributed by atoms with E-state index in [-0.39, 0.29) is 40.5 Å². The van der Waals surface area contributed by atoms with E-state index >= 15 is 0 Å². The lowest BCUT2D eigenvalue weighted by atomic mass is 10.0. The van der Waals surface area contributed by atoms with Gasteiger partial charge in [-0.1, -0.05) is 102 Å². The maximum atomic E-state index is 14.6. The number of nitrogens with zero attached hydrogens (tertiary/aromatic N) is 2. The van der Waals surface area contributed by atoms with Crippen LogP contribution in [-0.4, -0.2) is 43.8 Å². The summed E-state index contributed by atoms with van der Waals surface area (Å²) in [5.74, 6) is -0.951. The molecule has 11 heteroatoms. The Morgan fingerprint density at radius 1 is 0.826 bits per heavy atom. The SMILES string of the molecule is CC[C@H](C)NC(=O)[C@@H](Cc1ccccc1)N(Cc1ccc(Cl)c(Cl)c1)C(=O)CN(c1cc(Cl)ccc1C)S(=O)(=O)c1ccccc1. The minimum atomic E-state index is -4.25. The van der Waals surface area contributed by atoms with Gasteiger partial charge in [0.05, 0.1) is 20.6 Å². The fourth-order valence-corrected chi connectivity index (χ4v) is 6.89. The fraction of sp³-hybridized carbons (Fsp3) is 0.257. The minimum absolute atomic E-state index is 0.00792. The molecule has 0 aliphatic carbocycles. The van der Waals surface area contributed by atoms with Crippen LogP contribution in [0.4, 0.5) is 5.69 Å². The standard InChI is InChI=1S/C35H36Cl3N3O4S/c1-4-25(3)39-35(43)33(20-26-11-7-5-8-12-26)40(22-27-16-18-30(37)31(38)19-27)34(42)23-41(32-21-28(36)17-15-24(32)2)46(44,45)29-13-9-6-10-14-29/h5-19,21,25,33H,4,20,22-23H2,1-3H3,(H,39,43)/t25-,33+/m0/s1. The van der Waals surface area contributed by atoms with Crippen LogP contribution in [-0.2, 0) is 32.6 Å². The van der Waals surface area contributed by atoms with Gasteiger partial charge in [-0.25, -0.2) is 8.42 Å². The van der Waals surface area contributed by atoms with Crippen molar-refractivity contribution in [2.75, 3.05) is 10.8 Å². The number of carbonyl (C=O) groups excluding carboxylic acids is 2. The second-order valence-electron chi connectivity index (χ2n) is 11.0. The molecule has 0 aromatic heterocycles. The van der Waals surface area contributed by atoms with Crippen molar-refractivity contribution in [3.63, 3.8) is 0 Å². The first kappa shape index (κ1) is 35.3. The molecule has 0 unspecified atom stereocenters. The molecular formula is C35H36Cl3N3O4S. The van der Waals surface area contributed by atoms with Gasteiger partial charge in [0.25, 0.3) is 10.0 Å². The number of sulfonamides is 1. The fourth-order valence-electron chi connectivity index (χ4n) is 4.91. The molecule has 2 atom stereocenters. The maximum absolute atomic E-state index is 14.6. The molecular weight excluding hydrogens is 665 g/mol. The second-order valence-corrected chi connectivity index (χ2v) is 14.2. The number of nitrogens with one attached hydrogen (secondary N) is 1. The molecule has 0 saturated carbocycles. The summed E-state index contributed by atoms with van der Waals surface area (Å²) in [6, 6.07) is 25.9. The Morgan fingerprint density at radius 3 is 2.11 bits per heavy atom. The van der Waals surface area contributed by atoms with E-state index in [0.29, 0.717) is 27.6 Å². The molecule has 0 heterocycles. The first-order valence-electron chi connectivity index (χ1n) is 14.8. The van der Waals surface area contributed by atoms with Crippen LogP contribution >= 0.6 is 34.8 Å². The van der Waals surface area contributed by atoms with Gasteiger partial charge in [0, 0.05) is 24.0 Å². The number of benzene rings is 4. The van der Waals surface area contributed by atoms with Crippen molar-refractivity contribution in [2.45, 2.75) is 57.1 Å². The van der Waals surface area contributed by atoms with Crippen LogP contribution in [0.5, 0.6) is 0 Å². The maximum Gasteiger partial charge on any atom is 0.264 e. The summed E-state index contributed by atoms with van der Waals surface area (Å²) < 4.78 is 29.4. The zero-order chi connectivity index (χ0) is 33.4. The van der Waals surface area contributed by atoms with Crippen molar-refractivity contribution in [1.82, 2.24) is 10.2 Å². The average Bonchev–Trinajstić information content (AvgIpc) is 3.05. The number of hydrogen-bond donors (Lipinski definition) is 1. The van der Waals surface area contributed by atoms with E-state index in [9.17, 15) is 18.0 Å². The molecule has 7 nitrogen and oxygen atoms in total. The molecule has 0 saturated heterocycles. The van der Waals surface area contributed by atoms with E-state index in [0.717, 1.165) is 9.87 Å². The Bertz CT molecular complexity index is 1770. The lowest BCUT2D eigenvalue weighted by Crippen LogP contribution is -2.54. The highest BCUT2D eigenvalue weighted by Gasteiger charge is 2.35. The number of carbonyl (C=O) groups is 2. The predicted octanol–water partition coefficient (Wildman–Crippen LogP) is 7.71. The van der Waals surface area contributed by atoms with Gasteiger partial charge in [0.1, 0.15) is 12.6 Å². The van der Waals surface area contributed by atoms with Gasteiger partial charge in [-0.2, -0.15) is 0 Å². The molecule has 2 amide bonds. The van der Waals surface area contributed by atoms with Gasteiger partial charge in [-0.05, 0) is 73.4 Å². The lowest BCUT2D eigenvalue weighted by Gasteiger charge is -2.34. The lowest BCUT2D eigenvalue weighted by molar-refractivity contribution is -0.140. The largest absolute Gasteiger partial charge is 0.352 e. The summed E-state index contributed by atoms with van der Waals surface area (Å²) >= 11 is 18.9. The molecule has 0 aliphatic heterocycles. The Morgan fingerprint density at radius 2 is 1.48 bits per heavy atom. The monoisotopic (exact) mass is 699 g/mol. The van der Waals surface area contributed by atoms with Crippen molar-refractivity contribution in [3.05, 3.63) is 129 Å². The summed E-state index contributed by atoms with van der Waals surface area (Å²) in [4.78, 5) is 30.0. The Balaban J connectivity index is 1.85. The number of hydrogen-bond acceptors (Lipinski definition) is 4. The van der Waals surface area contributed by atoms with E-state index in [2.05, 4.69) is 5.32 Å². The van der Waals surface area contributed by atoms with E-state index in [1.807, 2.05) is 44.2 Å². The normalized spacial score (nSPS) is 12.7. The molecule has 0 radical (unpaired) electrons. The van der Waals surface area contributed by atoms with Crippen LogP contribution in [0.25, 0.3) is 0 Å². The molecule has 4 rings (SSSR count). The van der Waals surface area contributed by atoms with E-state index < -0.39 is 28.5 Å². The molecule has 46 heavy (non-hydrogen) atoms.